The minimum Gasteiger partial charge on any atom is -0.302 e. The van der Waals surface area contributed by atoms with Crippen LogP contribution in [0.4, 0.5) is 0 Å². The number of hydrogen-bond acceptors (Lipinski definition) is 1. The fourth-order valence-corrected chi connectivity index (χ4v) is 2.32. The van der Waals surface area contributed by atoms with Gasteiger partial charge in [-0.15, -0.1) is 0 Å². The fourth-order valence-electron chi connectivity index (χ4n) is 1.82. The predicted octanol–water partition coefficient (Wildman–Crippen LogP) is 3.92. The topological polar surface area (TPSA) is 3.24 Å². The van der Waals surface area contributed by atoms with E-state index >= 15 is 0 Å². The van der Waals surface area contributed by atoms with Gasteiger partial charge in [0.15, 0.2) is 0 Å². The third-order valence-corrected chi connectivity index (χ3v) is 2.93. The number of hydrogen-bond donors (Lipinski definition) is 0. The van der Waals surface area contributed by atoms with Gasteiger partial charge in [-0.3, -0.25) is 0 Å². The van der Waals surface area contributed by atoms with Crippen LogP contribution in [0, 0.1) is 5.92 Å². The molecule has 86 valence electrons. The van der Waals surface area contributed by atoms with Crippen LogP contribution in [-0.2, 0) is 0 Å². The third kappa shape index (κ3) is 7.81. The van der Waals surface area contributed by atoms with Crippen LogP contribution in [0.1, 0.15) is 46.5 Å². The highest BCUT2D eigenvalue weighted by Crippen LogP contribution is 2.08. The molecule has 0 radical (unpaired) electrons. The molecule has 1 unspecified atom stereocenters. The second-order valence-corrected chi connectivity index (χ2v) is 5.03. The van der Waals surface area contributed by atoms with Crippen molar-refractivity contribution in [3.8, 4) is 0 Å². The molecule has 0 fully saturated rings. The molecule has 0 spiro atoms. The molecule has 0 aliphatic heterocycles. The standard InChI is InChI=1S/C12H26BrN/c1-4-6-9-14(10-8-13)11-12(3)7-5-2/h12H,4-11H2,1-3H3. The Bertz CT molecular complexity index is 117. The number of rotatable bonds is 9. The molecule has 0 heterocycles. The van der Waals surface area contributed by atoms with Gasteiger partial charge < -0.3 is 4.90 Å². The van der Waals surface area contributed by atoms with Crippen molar-refractivity contribution >= 4 is 15.9 Å². The minimum absolute atomic E-state index is 0.857. The molecule has 0 amide bonds. The van der Waals surface area contributed by atoms with Gasteiger partial charge in [0.1, 0.15) is 0 Å². The van der Waals surface area contributed by atoms with Crippen LogP contribution in [0.5, 0.6) is 0 Å². The summed E-state index contributed by atoms with van der Waals surface area (Å²) >= 11 is 3.53. The first kappa shape index (κ1) is 14.4. The summed E-state index contributed by atoms with van der Waals surface area (Å²) in [6.07, 6.45) is 5.33. The molecular formula is C12H26BrN. The molecule has 0 aromatic rings. The molecular weight excluding hydrogens is 238 g/mol. The van der Waals surface area contributed by atoms with Gasteiger partial charge in [-0.25, -0.2) is 0 Å². The number of halogens is 1. The molecule has 1 nitrogen and oxygen atoms in total. The highest BCUT2D eigenvalue weighted by molar-refractivity contribution is 9.09. The molecule has 0 N–H and O–H groups in total. The van der Waals surface area contributed by atoms with E-state index in [1.165, 1.54) is 45.3 Å². The zero-order valence-corrected chi connectivity index (χ0v) is 11.6. The van der Waals surface area contributed by atoms with E-state index in [-0.39, 0.29) is 0 Å². The van der Waals surface area contributed by atoms with E-state index < -0.39 is 0 Å². The van der Waals surface area contributed by atoms with Gasteiger partial charge in [0, 0.05) is 18.4 Å². The summed E-state index contributed by atoms with van der Waals surface area (Å²) in [7, 11) is 0. The first-order chi connectivity index (χ1) is 6.74. The maximum absolute atomic E-state index is 3.53. The first-order valence-electron chi connectivity index (χ1n) is 6.02. The molecule has 2 heteroatoms. The van der Waals surface area contributed by atoms with E-state index in [4.69, 9.17) is 0 Å². The summed E-state index contributed by atoms with van der Waals surface area (Å²) in [5.41, 5.74) is 0. The molecule has 0 aromatic carbocycles. The summed E-state index contributed by atoms with van der Waals surface area (Å²) < 4.78 is 0. The summed E-state index contributed by atoms with van der Waals surface area (Å²) in [4.78, 5) is 2.60. The van der Waals surface area contributed by atoms with Gasteiger partial charge in [0.2, 0.25) is 0 Å². The smallest absolute Gasteiger partial charge is 0.0159 e. The molecule has 0 saturated carbocycles. The lowest BCUT2D eigenvalue weighted by Crippen LogP contribution is -2.31. The van der Waals surface area contributed by atoms with E-state index in [1.54, 1.807) is 0 Å². The average Bonchev–Trinajstić information content (AvgIpc) is 2.15. The van der Waals surface area contributed by atoms with Crippen molar-refractivity contribution in [3.63, 3.8) is 0 Å². The quantitative estimate of drug-likeness (QED) is 0.570. The first-order valence-corrected chi connectivity index (χ1v) is 7.15. The summed E-state index contributed by atoms with van der Waals surface area (Å²) in [6.45, 7) is 10.7. The third-order valence-electron chi connectivity index (χ3n) is 2.58. The van der Waals surface area contributed by atoms with Crippen LogP contribution in [0.3, 0.4) is 0 Å². The lowest BCUT2D eigenvalue weighted by molar-refractivity contribution is 0.241. The van der Waals surface area contributed by atoms with E-state index in [0.717, 1.165) is 11.2 Å². The number of unbranched alkanes of at least 4 members (excludes halogenated alkanes) is 1. The Balaban J connectivity index is 3.69. The fraction of sp³-hybridized carbons (Fsp3) is 1.00. The number of alkyl halides is 1. The van der Waals surface area contributed by atoms with Gasteiger partial charge in [-0.2, -0.15) is 0 Å². The van der Waals surface area contributed by atoms with Gasteiger partial charge in [-0.05, 0) is 25.3 Å². The van der Waals surface area contributed by atoms with Crippen LogP contribution in [0.25, 0.3) is 0 Å². The van der Waals surface area contributed by atoms with E-state index in [9.17, 15) is 0 Å². The van der Waals surface area contributed by atoms with Crippen LogP contribution in [-0.4, -0.2) is 29.9 Å². The summed E-state index contributed by atoms with van der Waals surface area (Å²) in [5.74, 6) is 0.857. The molecule has 0 rings (SSSR count). The van der Waals surface area contributed by atoms with Crippen molar-refractivity contribution < 1.29 is 0 Å². The maximum atomic E-state index is 3.53. The molecule has 0 aliphatic carbocycles. The zero-order valence-electron chi connectivity index (χ0n) is 10.1. The molecule has 0 bridgehead atoms. The SMILES string of the molecule is CCCCN(CCBr)CC(C)CCC. The van der Waals surface area contributed by atoms with Crippen molar-refractivity contribution in [2.24, 2.45) is 5.92 Å². The van der Waals surface area contributed by atoms with Gasteiger partial charge in [0.25, 0.3) is 0 Å². The highest BCUT2D eigenvalue weighted by Gasteiger charge is 2.08. The summed E-state index contributed by atoms with van der Waals surface area (Å²) in [5, 5.41) is 1.11. The molecule has 0 aliphatic rings. The van der Waals surface area contributed by atoms with Crippen LogP contribution < -0.4 is 0 Å². The Labute approximate surface area is 98.4 Å². The van der Waals surface area contributed by atoms with Crippen LogP contribution in [0.2, 0.25) is 0 Å². The van der Waals surface area contributed by atoms with E-state index in [0.29, 0.717) is 0 Å². The molecule has 1 atom stereocenters. The van der Waals surface area contributed by atoms with Gasteiger partial charge >= 0.3 is 0 Å². The van der Waals surface area contributed by atoms with Gasteiger partial charge in [-0.1, -0.05) is 49.5 Å². The Morgan fingerprint density at radius 3 is 2.36 bits per heavy atom. The van der Waals surface area contributed by atoms with Crippen molar-refractivity contribution in [3.05, 3.63) is 0 Å². The Morgan fingerprint density at radius 1 is 1.14 bits per heavy atom. The molecule has 0 saturated heterocycles. The molecule has 14 heavy (non-hydrogen) atoms. The monoisotopic (exact) mass is 263 g/mol. The van der Waals surface area contributed by atoms with E-state index in [2.05, 4.69) is 41.6 Å². The van der Waals surface area contributed by atoms with Crippen LogP contribution in [0.15, 0.2) is 0 Å². The predicted molar refractivity (Wildman–Crippen MR) is 69.2 cm³/mol. The average molecular weight is 264 g/mol. The molecule has 0 aromatic heterocycles. The second-order valence-electron chi connectivity index (χ2n) is 4.24. The Kier molecular flexibility index (Phi) is 10.3. The number of nitrogens with zero attached hydrogens (tertiary/aromatic N) is 1. The Morgan fingerprint density at radius 2 is 1.86 bits per heavy atom. The second kappa shape index (κ2) is 9.97. The zero-order chi connectivity index (χ0) is 10.8. The van der Waals surface area contributed by atoms with Crippen molar-refractivity contribution in [1.29, 1.82) is 0 Å². The van der Waals surface area contributed by atoms with Crippen molar-refractivity contribution in [2.75, 3.05) is 25.0 Å². The van der Waals surface area contributed by atoms with Gasteiger partial charge in [0.05, 0.1) is 0 Å². The highest BCUT2D eigenvalue weighted by atomic mass is 79.9. The van der Waals surface area contributed by atoms with E-state index in [1.807, 2.05) is 0 Å². The summed E-state index contributed by atoms with van der Waals surface area (Å²) in [6, 6.07) is 0. The van der Waals surface area contributed by atoms with Crippen LogP contribution >= 0.6 is 15.9 Å². The lowest BCUT2D eigenvalue weighted by Gasteiger charge is -2.24. The lowest BCUT2D eigenvalue weighted by atomic mass is 10.1. The normalized spacial score (nSPS) is 13.5. The van der Waals surface area contributed by atoms with Crippen molar-refractivity contribution in [1.82, 2.24) is 4.90 Å². The largest absolute Gasteiger partial charge is 0.302 e. The Hall–Kier alpha value is 0.440. The van der Waals surface area contributed by atoms with Crippen molar-refractivity contribution in [2.45, 2.75) is 46.5 Å². The maximum Gasteiger partial charge on any atom is 0.0159 e. The minimum atomic E-state index is 0.857.